The summed E-state index contributed by atoms with van der Waals surface area (Å²) in [5.41, 5.74) is 0. The smallest absolute Gasteiger partial charge is 0.220 e. The zero-order valence-corrected chi connectivity index (χ0v) is 10.3. The van der Waals surface area contributed by atoms with Crippen LogP contribution in [0.15, 0.2) is 0 Å². The SMILES string of the molecule is CC1CNCC(NC(=O)CC2CCCC2)C1. The molecule has 16 heavy (non-hydrogen) atoms. The summed E-state index contributed by atoms with van der Waals surface area (Å²) < 4.78 is 0. The van der Waals surface area contributed by atoms with Gasteiger partial charge >= 0.3 is 0 Å². The standard InChI is InChI=1S/C13H24N2O/c1-10-6-12(9-14-8-10)15-13(16)7-11-4-2-3-5-11/h10-12,14H,2-9H2,1H3,(H,15,16). The van der Waals surface area contributed by atoms with Crippen LogP contribution in [0.4, 0.5) is 0 Å². The van der Waals surface area contributed by atoms with Crippen molar-refractivity contribution in [2.45, 2.75) is 51.5 Å². The Balaban J connectivity index is 1.69. The van der Waals surface area contributed by atoms with Crippen LogP contribution in [-0.2, 0) is 4.79 Å². The molecule has 1 saturated heterocycles. The number of carbonyl (C=O) groups is 1. The van der Waals surface area contributed by atoms with Crippen molar-refractivity contribution in [3.8, 4) is 0 Å². The molecule has 1 heterocycles. The van der Waals surface area contributed by atoms with Crippen LogP contribution in [0.2, 0.25) is 0 Å². The zero-order chi connectivity index (χ0) is 11.4. The molecule has 92 valence electrons. The molecule has 2 N–H and O–H groups in total. The molecule has 1 amide bonds. The molecule has 0 radical (unpaired) electrons. The van der Waals surface area contributed by atoms with Gasteiger partial charge in [0.05, 0.1) is 0 Å². The van der Waals surface area contributed by atoms with Gasteiger partial charge in [-0.3, -0.25) is 4.79 Å². The first-order chi connectivity index (χ1) is 7.74. The van der Waals surface area contributed by atoms with Crippen LogP contribution < -0.4 is 10.6 Å². The Labute approximate surface area is 98.4 Å². The molecule has 3 nitrogen and oxygen atoms in total. The Bertz CT molecular complexity index is 236. The van der Waals surface area contributed by atoms with Gasteiger partial charge in [-0.2, -0.15) is 0 Å². The predicted octanol–water partition coefficient (Wildman–Crippen LogP) is 1.68. The molecule has 2 fully saturated rings. The Morgan fingerprint density at radius 3 is 2.75 bits per heavy atom. The molecule has 0 aromatic carbocycles. The van der Waals surface area contributed by atoms with E-state index in [1.165, 1.54) is 25.7 Å². The lowest BCUT2D eigenvalue weighted by molar-refractivity contribution is -0.122. The molecular weight excluding hydrogens is 200 g/mol. The zero-order valence-electron chi connectivity index (χ0n) is 10.3. The lowest BCUT2D eigenvalue weighted by Crippen LogP contribution is -2.48. The van der Waals surface area contributed by atoms with Gasteiger partial charge in [0.15, 0.2) is 0 Å². The van der Waals surface area contributed by atoms with Crippen molar-refractivity contribution >= 4 is 5.91 Å². The van der Waals surface area contributed by atoms with E-state index < -0.39 is 0 Å². The van der Waals surface area contributed by atoms with Gasteiger partial charge in [-0.05, 0) is 37.6 Å². The van der Waals surface area contributed by atoms with Gasteiger partial charge in [0, 0.05) is 19.0 Å². The first kappa shape index (κ1) is 11.9. The molecule has 0 aromatic heterocycles. The maximum atomic E-state index is 11.8. The average molecular weight is 224 g/mol. The summed E-state index contributed by atoms with van der Waals surface area (Å²) in [6.45, 7) is 4.28. The molecule has 2 atom stereocenters. The van der Waals surface area contributed by atoms with E-state index in [-0.39, 0.29) is 5.91 Å². The predicted molar refractivity (Wildman–Crippen MR) is 65.2 cm³/mol. The molecular formula is C13H24N2O. The normalized spacial score (nSPS) is 31.6. The summed E-state index contributed by atoms with van der Waals surface area (Å²) in [5.74, 6) is 1.62. The number of hydrogen-bond donors (Lipinski definition) is 2. The van der Waals surface area contributed by atoms with Crippen molar-refractivity contribution in [2.75, 3.05) is 13.1 Å². The van der Waals surface area contributed by atoms with Gasteiger partial charge in [0.25, 0.3) is 0 Å². The minimum Gasteiger partial charge on any atom is -0.352 e. The van der Waals surface area contributed by atoms with Crippen molar-refractivity contribution in [1.82, 2.24) is 10.6 Å². The Morgan fingerprint density at radius 1 is 1.31 bits per heavy atom. The first-order valence-electron chi connectivity index (χ1n) is 6.74. The van der Waals surface area contributed by atoms with Crippen LogP contribution in [-0.4, -0.2) is 25.0 Å². The maximum Gasteiger partial charge on any atom is 0.220 e. The van der Waals surface area contributed by atoms with E-state index in [1.807, 2.05) is 0 Å². The highest BCUT2D eigenvalue weighted by molar-refractivity contribution is 5.76. The number of nitrogens with one attached hydrogen (secondary N) is 2. The van der Waals surface area contributed by atoms with Crippen molar-refractivity contribution in [3.05, 3.63) is 0 Å². The average Bonchev–Trinajstić information content (AvgIpc) is 2.70. The lowest BCUT2D eigenvalue weighted by atomic mass is 9.97. The monoisotopic (exact) mass is 224 g/mol. The van der Waals surface area contributed by atoms with Gasteiger partial charge in [-0.1, -0.05) is 19.8 Å². The topological polar surface area (TPSA) is 41.1 Å². The van der Waals surface area contributed by atoms with Crippen LogP contribution in [0.3, 0.4) is 0 Å². The van der Waals surface area contributed by atoms with E-state index in [0.717, 1.165) is 25.9 Å². The number of amides is 1. The van der Waals surface area contributed by atoms with Gasteiger partial charge in [-0.15, -0.1) is 0 Å². The van der Waals surface area contributed by atoms with E-state index in [1.54, 1.807) is 0 Å². The molecule has 0 aromatic rings. The fourth-order valence-corrected chi connectivity index (χ4v) is 3.03. The summed E-state index contributed by atoms with van der Waals surface area (Å²) >= 11 is 0. The van der Waals surface area contributed by atoms with Crippen molar-refractivity contribution < 1.29 is 4.79 Å². The highest BCUT2D eigenvalue weighted by Crippen LogP contribution is 2.27. The van der Waals surface area contributed by atoms with Crippen molar-refractivity contribution in [1.29, 1.82) is 0 Å². The Kier molecular flexibility index (Phi) is 4.22. The van der Waals surface area contributed by atoms with Crippen LogP contribution in [0.1, 0.15) is 45.4 Å². The number of piperidine rings is 1. The second kappa shape index (κ2) is 5.67. The first-order valence-corrected chi connectivity index (χ1v) is 6.74. The van der Waals surface area contributed by atoms with Crippen LogP contribution in [0, 0.1) is 11.8 Å². The van der Waals surface area contributed by atoms with Crippen LogP contribution in [0.25, 0.3) is 0 Å². The second-order valence-corrected chi connectivity index (χ2v) is 5.62. The third-order valence-electron chi connectivity index (χ3n) is 3.88. The fourth-order valence-electron chi connectivity index (χ4n) is 3.03. The maximum absolute atomic E-state index is 11.8. The van der Waals surface area contributed by atoms with E-state index in [2.05, 4.69) is 17.6 Å². The third-order valence-corrected chi connectivity index (χ3v) is 3.88. The fraction of sp³-hybridized carbons (Fsp3) is 0.923. The molecule has 0 bridgehead atoms. The molecule has 2 aliphatic rings. The van der Waals surface area contributed by atoms with Crippen molar-refractivity contribution in [3.63, 3.8) is 0 Å². The lowest BCUT2D eigenvalue weighted by Gasteiger charge is -2.28. The molecule has 1 aliphatic carbocycles. The van der Waals surface area contributed by atoms with Gasteiger partial charge in [-0.25, -0.2) is 0 Å². The summed E-state index contributed by atoms with van der Waals surface area (Å²) in [7, 11) is 0. The summed E-state index contributed by atoms with van der Waals surface area (Å²) in [6.07, 6.45) is 7.04. The highest BCUT2D eigenvalue weighted by Gasteiger charge is 2.22. The van der Waals surface area contributed by atoms with E-state index in [0.29, 0.717) is 17.9 Å². The molecule has 1 saturated carbocycles. The van der Waals surface area contributed by atoms with Crippen molar-refractivity contribution in [2.24, 2.45) is 11.8 Å². The minimum absolute atomic E-state index is 0.271. The molecule has 3 heteroatoms. The molecule has 2 unspecified atom stereocenters. The van der Waals surface area contributed by atoms with Gasteiger partial charge in [0.2, 0.25) is 5.91 Å². The van der Waals surface area contributed by atoms with E-state index in [9.17, 15) is 4.79 Å². The minimum atomic E-state index is 0.271. The largest absolute Gasteiger partial charge is 0.352 e. The van der Waals surface area contributed by atoms with E-state index in [4.69, 9.17) is 0 Å². The van der Waals surface area contributed by atoms with Gasteiger partial charge in [0.1, 0.15) is 0 Å². The summed E-state index contributed by atoms with van der Waals surface area (Å²) in [5, 5.41) is 6.54. The quantitative estimate of drug-likeness (QED) is 0.766. The Hall–Kier alpha value is -0.570. The number of hydrogen-bond acceptors (Lipinski definition) is 2. The number of rotatable bonds is 3. The summed E-state index contributed by atoms with van der Waals surface area (Å²) in [4.78, 5) is 11.8. The third kappa shape index (κ3) is 3.48. The van der Waals surface area contributed by atoms with Gasteiger partial charge < -0.3 is 10.6 Å². The highest BCUT2D eigenvalue weighted by atomic mass is 16.1. The second-order valence-electron chi connectivity index (χ2n) is 5.62. The molecule has 0 spiro atoms. The molecule has 2 rings (SSSR count). The van der Waals surface area contributed by atoms with E-state index >= 15 is 0 Å². The number of carbonyl (C=O) groups excluding carboxylic acids is 1. The molecule has 1 aliphatic heterocycles. The summed E-state index contributed by atoms with van der Waals surface area (Å²) in [6, 6.07) is 0.359. The van der Waals surface area contributed by atoms with Crippen LogP contribution >= 0.6 is 0 Å². The Morgan fingerprint density at radius 2 is 2.06 bits per heavy atom. The van der Waals surface area contributed by atoms with Crippen LogP contribution in [0.5, 0.6) is 0 Å².